The molecule has 58 valence electrons. The van der Waals surface area contributed by atoms with Crippen molar-refractivity contribution >= 4 is 17.3 Å². The first kappa shape index (κ1) is 7.85. The lowest BCUT2D eigenvalue weighted by molar-refractivity contribution is -0.137. The Labute approximate surface area is 63.4 Å². The molecule has 1 fully saturated rings. The molecular formula is C6H8F2OS. The summed E-state index contributed by atoms with van der Waals surface area (Å²) in [4.78, 5) is 0. The molecule has 0 heterocycles. The molecular weight excluding hydrogens is 158 g/mol. The Morgan fingerprint density at radius 1 is 1.60 bits per heavy atom. The van der Waals surface area contributed by atoms with Gasteiger partial charge < -0.3 is 4.74 Å². The number of ether oxygens (including phenoxy) is 1. The molecule has 1 aliphatic rings. The van der Waals surface area contributed by atoms with E-state index in [1.165, 1.54) is 0 Å². The third kappa shape index (κ3) is 1.87. The van der Waals surface area contributed by atoms with Gasteiger partial charge in [-0.25, -0.2) is 8.78 Å². The molecule has 1 rings (SSSR count). The van der Waals surface area contributed by atoms with Crippen LogP contribution >= 0.6 is 12.2 Å². The molecule has 0 radical (unpaired) electrons. The van der Waals surface area contributed by atoms with E-state index in [-0.39, 0.29) is 18.9 Å². The molecule has 4 heteroatoms. The maximum atomic E-state index is 12.1. The average molecular weight is 166 g/mol. The average Bonchev–Trinajstić information content (AvgIpc) is 1.57. The Morgan fingerprint density at radius 2 is 2.10 bits per heavy atom. The summed E-state index contributed by atoms with van der Waals surface area (Å²) in [5.74, 6) is -2.50. The lowest BCUT2D eigenvalue weighted by atomic mass is 9.91. The highest BCUT2D eigenvalue weighted by molar-refractivity contribution is 7.80. The molecule has 0 aliphatic heterocycles. The zero-order valence-corrected chi connectivity index (χ0v) is 6.38. The van der Waals surface area contributed by atoms with Gasteiger partial charge in [-0.3, -0.25) is 0 Å². The van der Waals surface area contributed by atoms with Crippen molar-refractivity contribution in [3.05, 3.63) is 0 Å². The first-order valence-electron chi connectivity index (χ1n) is 3.05. The Hall–Kier alpha value is -0.250. The van der Waals surface area contributed by atoms with Crippen molar-refractivity contribution in [2.24, 2.45) is 0 Å². The summed E-state index contributed by atoms with van der Waals surface area (Å²) in [6.45, 7) is 1.59. The zero-order chi connectivity index (χ0) is 7.78. The van der Waals surface area contributed by atoms with Crippen LogP contribution in [0.4, 0.5) is 8.78 Å². The van der Waals surface area contributed by atoms with Crippen molar-refractivity contribution < 1.29 is 13.5 Å². The molecule has 1 aliphatic carbocycles. The van der Waals surface area contributed by atoms with Crippen LogP contribution in [0.1, 0.15) is 19.8 Å². The van der Waals surface area contributed by atoms with Crippen LogP contribution in [0, 0.1) is 0 Å². The summed E-state index contributed by atoms with van der Waals surface area (Å²) in [7, 11) is 0. The molecule has 0 atom stereocenters. The molecule has 0 aromatic carbocycles. The molecule has 0 spiro atoms. The standard InChI is InChI=1S/C6H8F2OS/c1-4(10)9-5-2-6(7,8)3-5/h5H,2-3H2,1H3. The van der Waals surface area contributed by atoms with E-state index in [4.69, 9.17) is 4.74 Å². The highest BCUT2D eigenvalue weighted by atomic mass is 32.1. The highest BCUT2D eigenvalue weighted by Crippen LogP contribution is 2.39. The molecule has 0 N–H and O–H groups in total. The van der Waals surface area contributed by atoms with Crippen LogP contribution in [-0.2, 0) is 4.74 Å². The molecule has 0 amide bonds. The second-order valence-electron chi connectivity index (χ2n) is 2.50. The Morgan fingerprint density at radius 3 is 2.40 bits per heavy atom. The Balaban J connectivity index is 2.21. The van der Waals surface area contributed by atoms with Crippen molar-refractivity contribution in [3.8, 4) is 0 Å². The molecule has 10 heavy (non-hydrogen) atoms. The van der Waals surface area contributed by atoms with Crippen LogP contribution in [0.5, 0.6) is 0 Å². The zero-order valence-electron chi connectivity index (χ0n) is 5.56. The lowest BCUT2D eigenvalue weighted by Crippen LogP contribution is -2.41. The molecule has 0 saturated heterocycles. The topological polar surface area (TPSA) is 9.23 Å². The molecule has 1 saturated carbocycles. The van der Waals surface area contributed by atoms with E-state index in [0.29, 0.717) is 5.05 Å². The van der Waals surface area contributed by atoms with E-state index in [0.717, 1.165) is 0 Å². The molecule has 0 aromatic heterocycles. The van der Waals surface area contributed by atoms with Crippen LogP contribution in [0.15, 0.2) is 0 Å². The summed E-state index contributed by atoms with van der Waals surface area (Å²) in [5, 5.41) is 0.348. The van der Waals surface area contributed by atoms with Crippen molar-refractivity contribution in [3.63, 3.8) is 0 Å². The van der Waals surface area contributed by atoms with Crippen LogP contribution in [0.2, 0.25) is 0 Å². The summed E-state index contributed by atoms with van der Waals surface area (Å²) in [6, 6.07) is 0. The van der Waals surface area contributed by atoms with Gasteiger partial charge in [0.25, 0.3) is 5.92 Å². The largest absolute Gasteiger partial charge is 0.484 e. The van der Waals surface area contributed by atoms with Crippen LogP contribution < -0.4 is 0 Å². The molecule has 1 nitrogen and oxygen atoms in total. The minimum atomic E-state index is -2.50. The second-order valence-corrected chi connectivity index (χ2v) is 3.07. The van der Waals surface area contributed by atoms with Crippen LogP contribution in [0.3, 0.4) is 0 Å². The van der Waals surface area contributed by atoms with E-state index in [2.05, 4.69) is 12.2 Å². The van der Waals surface area contributed by atoms with Gasteiger partial charge in [-0.05, 0) is 12.2 Å². The van der Waals surface area contributed by atoms with Gasteiger partial charge in [0.2, 0.25) is 0 Å². The summed E-state index contributed by atoms with van der Waals surface area (Å²) in [6.07, 6.45) is -0.699. The van der Waals surface area contributed by atoms with Crippen molar-refractivity contribution in [1.29, 1.82) is 0 Å². The van der Waals surface area contributed by atoms with Crippen LogP contribution in [-0.4, -0.2) is 17.1 Å². The van der Waals surface area contributed by atoms with Crippen LogP contribution in [0.25, 0.3) is 0 Å². The molecule has 0 unspecified atom stereocenters. The summed E-state index contributed by atoms with van der Waals surface area (Å²) < 4.78 is 29.1. The highest BCUT2D eigenvalue weighted by Gasteiger charge is 2.46. The van der Waals surface area contributed by atoms with Gasteiger partial charge in [-0.15, -0.1) is 0 Å². The number of alkyl halides is 2. The van der Waals surface area contributed by atoms with E-state index in [1.54, 1.807) is 6.92 Å². The van der Waals surface area contributed by atoms with Gasteiger partial charge in [0.15, 0.2) is 5.05 Å². The van der Waals surface area contributed by atoms with E-state index < -0.39 is 5.92 Å². The SMILES string of the molecule is CC(=S)OC1CC(F)(F)C1. The van der Waals surface area contributed by atoms with Gasteiger partial charge in [-0.2, -0.15) is 0 Å². The Bertz CT molecular complexity index is 150. The lowest BCUT2D eigenvalue weighted by Gasteiger charge is -2.34. The smallest absolute Gasteiger partial charge is 0.255 e. The van der Waals surface area contributed by atoms with Crippen molar-refractivity contribution in [2.75, 3.05) is 0 Å². The predicted molar refractivity (Wildman–Crippen MR) is 37.3 cm³/mol. The van der Waals surface area contributed by atoms with Gasteiger partial charge in [0.05, 0.1) is 0 Å². The maximum Gasteiger partial charge on any atom is 0.255 e. The minimum absolute atomic E-state index is 0.180. The van der Waals surface area contributed by atoms with Gasteiger partial charge >= 0.3 is 0 Å². The van der Waals surface area contributed by atoms with E-state index in [1.807, 2.05) is 0 Å². The first-order valence-corrected chi connectivity index (χ1v) is 3.45. The van der Waals surface area contributed by atoms with Gasteiger partial charge in [0, 0.05) is 19.8 Å². The molecule has 0 bridgehead atoms. The molecule has 0 aromatic rings. The summed E-state index contributed by atoms with van der Waals surface area (Å²) in [5.41, 5.74) is 0. The number of thiocarbonyl (C=S) groups is 1. The minimum Gasteiger partial charge on any atom is -0.484 e. The monoisotopic (exact) mass is 166 g/mol. The maximum absolute atomic E-state index is 12.1. The fourth-order valence-electron chi connectivity index (χ4n) is 0.924. The Kier molecular flexibility index (Phi) is 1.90. The number of hydrogen-bond acceptors (Lipinski definition) is 2. The predicted octanol–water partition coefficient (Wildman–Crippen LogP) is 2.15. The fourth-order valence-corrected chi connectivity index (χ4v) is 1.06. The van der Waals surface area contributed by atoms with Crippen molar-refractivity contribution in [2.45, 2.75) is 31.8 Å². The second kappa shape index (κ2) is 2.42. The van der Waals surface area contributed by atoms with Gasteiger partial charge in [-0.1, -0.05) is 0 Å². The van der Waals surface area contributed by atoms with E-state index >= 15 is 0 Å². The number of rotatable bonds is 1. The first-order chi connectivity index (χ1) is 4.49. The van der Waals surface area contributed by atoms with E-state index in [9.17, 15) is 8.78 Å². The van der Waals surface area contributed by atoms with Gasteiger partial charge in [0.1, 0.15) is 6.10 Å². The fraction of sp³-hybridized carbons (Fsp3) is 0.833. The number of halogens is 2. The van der Waals surface area contributed by atoms with Crippen molar-refractivity contribution in [1.82, 2.24) is 0 Å². The quantitative estimate of drug-likeness (QED) is 0.552. The number of hydrogen-bond donors (Lipinski definition) is 0. The third-order valence-corrected chi connectivity index (χ3v) is 1.48. The third-order valence-electron chi connectivity index (χ3n) is 1.39. The normalized spacial score (nSPS) is 23.5. The summed E-state index contributed by atoms with van der Waals surface area (Å²) >= 11 is 4.58.